The SMILES string of the molecule is COC(=O)c1cc2c(NC(=O)C34CC5CC(CC(C5)C3)C4)cccc2n(Cc2ccc(F)cc2)c1=O. The Morgan fingerprint density at radius 3 is 2.28 bits per heavy atom. The van der Waals surface area contributed by atoms with E-state index in [4.69, 9.17) is 4.74 Å². The molecule has 7 rings (SSSR count). The fourth-order valence-corrected chi connectivity index (χ4v) is 7.34. The van der Waals surface area contributed by atoms with Crippen LogP contribution in [0.15, 0.2) is 53.3 Å². The lowest BCUT2D eigenvalue weighted by molar-refractivity contribution is -0.140. The van der Waals surface area contributed by atoms with Gasteiger partial charge in [0.2, 0.25) is 5.91 Å². The first-order valence-electron chi connectivity index (χ1n) is 12.7. The van der Waals surface area contributed by atoms with E-state index in [1.165, 1.54) is 49.1 Å². The number of halogens is 1. The van der Waals surface area contributed by atoms with Crippen LogP contribution >= 0.6 is 0 Å². The zero-order valence-electron chi connectivity index (χ0n) is 20.3. The van der Waals surface area contributed by atoms with Crippen molar-refractivity contribution >= 4 is 28.5 Å². The van der Waals surface area contributed by atoms with E-state index >= 15 is 0 Å². The van der Waals surface area contributed by atoms with Crippen LogP contribution in [-0.2, 0) is 16.1 Å². The second-order valence-electron chi connectivity index (χ2n) is 11.0. The molecule has 2 aromatic carbocycles. The van der Waals surface area contributed by atoms with Crippen LogP contribution in [-0.4, -0.2) is 23.6 Å². The van der Waals surface area contributed by atoms with Crippen LogP contribution in [0.25, 0.3) is 10.9 Å². The maximum Gasteiger partial charge on any atom is 0.343 e. The molecule has 0 radical (unpaired) electrons. The summed E-state index contributed by atoms with van der Waals surface area (Å²) in [6.45, 7) is 0.146. The van der Waals surface area contributed by atoms with E-state index in [9.17, 15) is 18.8 Å². The summed E-state index contributed by atoms with van der Waals surface area (Å²) in [7, 11) is 1.23. The molecule has 4 saturated carbocycles. The average molecular weight is 489 g/mol. The minimum absolute atomic E-state index is 0.0463. The summed E-state index contributed by atoms with van der Waals surface area (Å²) < 4.78 is 19.8. The van der Waals surface area contributed by atoms with E-state index in [0.717, 1.165) is 19.3 Å². The van der Waals surface area contributed by atoms with Gasteiger partial charge in [0, 0.05) is 5.39 Å². The summed E-state index contributed by atoms with van der Waals surface area (Å²) in [5.41, 5.74) is 0.938. The summed E-state index contributed by atoms with van der Waals surface area (Å²) in [6.07, 6.45) is 6.58. The number of benzene rings is 2. The Bertz CT molecular complexity index is 1390. The van der Waals surface area contributed by atoms with Gasteiger partial charge in [-0.2, -0.15) is 0 Å². The Kier molecular flexibility index (Phi) is 5.47. The second kappa shape index (κ2) is 8.57. The highest BCUT2D eigenvalue weighted by molar-refractivity contribution is 6.05. The number of amides is 1. The summed E-state index contributed by atoms with van der Waals surface area (Å²) in [5, 5.41) is 3.78. The normalized spacial score (nSPS) is 26.2. The van der Waals surface area contributed by atoms with Gasteiger partial charge in [0.1, 0.15) is 11.4 Å². The predicted octanol–water partition coefficient (Wildman–Crippen LogP) is 5.13. The Hall–Kier alpha value is -3.48. The molecule has 6 nitrogen and oxygen atoms in total. The molecule has 4 aliphatic rings. The number of aromatic nitrogens is 1. The molecule has 4 aliphatic carbocycles. The van der Waals surface area contributed by atoms with Crippen LogP contribution in [0.4, 0.5) is 10.1 Å². The van der Waals surface area contributed by atoms with Crippen molar-refractivity contribution in [2.75, 3.05) is 12.4 Å². The van der Waals surface area contributed by atoms with Gasteiger partial charge in [0.05, 0.1) is 30.3 Å². The number of carbonyl (C=O) groups is 2. The maximum atomic E-state index is 13.8. The van der Waals surface area contributed by atoms with Gasteiger partial charge in [-0.25, -0.2) is 9.18 Å². The number of hydrogen-bond acceptors (Lipinski definition) is 4. The molecule has 0 unspecified atom stereocenters. The third-order valence-corrected chi connectivity index (χ3v) is 8.57. The number of carbonyl (C=O) groups excluding carboxylic acids is 2. The molecule has 0 spiro atoms. The first kappa shape index (κ1) is 23.0. The summed E-state index contributed by atoms with van der Waals surface area (Å²) >= 11 is 0. The van der Waals surface area contributed by atoms with Gasteiger partial charge in [-0.05, 0) is 92.2 Å². The number of anilines is 1. The second-order valence-corrected chi connectivity index (χ2v) is 11.0. The van der Waals surface area contributed by atoms with Crippen molar-refractivity contribution in [2.45, 2.75) is 45.1 Å². The predicted molar refractivity (Wildman–Crippen MR) is 134 cm³/mol. The van der Waals surface area contributed by atoms with Gasteiger partial charge in [0.15, 0.2) is 0 Å². The lowest BCUT2D eigenvalue weighted by Crippen LogP contribution is -2.51. The van der Waals surface area contributed by atoms with Gasteiger partial charge in [-0.1, -0.05) is 18.2 Å². The number of hydrogen-bond donors (Lipinski definition) is 1. The van der Waals surface area contributed by atoms with Crippen molar-refractivity contribution in [3.05, 3.63) is 75.8 Å². The van der Waals surface area contributed by atoms with Crippen LogP contribution in [0.3, 0.4) is 0 Å². The van der Waals surface area contributed by atoms with Crippen molar-refractivity contribution in [3.8, 4) is 0 Å². The quantitative estimate of drug-likeness (QED) is 0.505. The smallest absolute Gasteiger partial charge is 0.343 e. The Balaban J connectivity index is 1.42. The standard InChI is InChI=1S/C29H29FN2O4/c1-36-27(34)23-12-22-24(31-28(35)29-13-18-9-19(14-29)11-20(10-18)15-29)3-2-4-25(22)32(26(23)33)16-17-5-7-21(30)8-6-17/h2-8,12,18-20H,9-11,13-16H2,1H3,(H,31,35). The third-order valence-electron chi connectivity index (χ3n) is 8.57. The lowest BCUT2D eigenvalue weighted by atomic mass is 9.49. The van der Waals surface area contributed by atoms with E-state index in [1.54, 1.807) is 24.3 Å². The minimum atomic E-state index is -0.739. The largest absolute Gasteiger partial charge is 0.465 e. The zero-order chi connectivity index (χ0) is 25.0. The molecule has 1 amide bonds. The number of nitrogens with zero attached hydrogens (tertiary/aromatic N) is 1. The highest BCUT2D eigenvalue weighted by Crippen LogP contribution is 2.60. The fourth-order valence-electron chi connectivity index (χ4n) is 7.34. The summed E-state index contributed by atoms with van der Waals surface area (Å²) in [5.74, 6) is 0.861. The number of methoxy groups -OCH3 is 1. The average Bonchev–Trinajstić information content (AvgIpc) is 2.85. The first-order valence-corrected chi connectivity index (χ1v) is 12.7. The maximum absolute atomic E-state index is 13.8. The van der Waals surface area contributed by atoms with Gasteiger partial charge in [-0.15, -0.1) is 0 Å². The summed E-state index contributed by atoms with van der Waals surface area (Å²) in [4.78, 5) is 39.6. The number of rotatable bonds is 5. The van der Waals surface area contributed by atoms with E-state index in [0.29, 0.717) is 39.9 Å². The Morgan fingerprint density at radius 2 is 1.67 bits per heavy atom. The van der Waals surface area contributed by atoms with Crippen LogP contribution < -0.4 is 10.9 Å². The first-order chi connectivity index (χ1) is 17.3. The zero-order valence-corrected chi connectivity index (χ0v) is 20.3. The van der Waals surface area contributed by atoms with Crippen LogP contribution in [0.1, 0.15) is 54.4 Å². The van der Waals surface area contributed by atoms with E-state index in [2.05, 4.69) is 5.32 Å². The monoisotopic (exact) mass is 488 g/mol. The number of esters is 1. The van der Waals surface area contributed by atoms with Crippen LogP contribution in [0.5, 0.6) is 0 Å². The molecule has 1 aromatic heterocycles. The summed E-state index contributed by atoms with van der Waals surface area (Å²) in [6, 6.07) is 12.8. The minimum Gasteiger partial charge on any atom is -0.465 e. The van der Waals surface area contributed by atoms with Gasteiger partial charge >= 0.3 is 5.97 Å². The highest BCUT2D eigenvalue weighted by Gasteiger charge is 2.54. The van der Waals surface area contributed by atoms with Crippen molar-refractivity contribution in [3.63, 3.8) is 0 Å². The molecular formula is C29H29FN2O4. The molecule has 7 heteroatoms. The number of nitrogens with one attached hydrogen (secondary N) is 1. The molecule has 186 valence electrons. The molecule has 4 fully saturated rings. The molecular weight excluding hydrogens is 459 g/mol. The van der Waals surface area contributed by atoms with Crippen molar-refractivity contribution in [1.82, 2.24) is 4.57 Å². The van der Waals surface area contributed by atoms with Crippen molar-refractivity contribution in [1.29, 1.82) is 0 Å². The highest BCUT2D eigenvalue weighted by atomic mass is 19.1. The number of fused-ring (bicyclic) bond motifs is 1. The molecule has 0 aliphatic heterocycles. The van der Waals surface area contributed by atoms with E-state index in [1.807, 2.05) is 6.07 Å². The molecule has 1 heterocycles. The molecule has 36 heavy (non-hydrogen) atoms. The topological polar surface area (TPSA) is 77.4 Å². The van der Waals surface area contributed by atoms with E-state index in [-0.39, 0.29) is 29.2 Å². The fraction of sp³-hybridized carbons (Fsp3) is 0.414. The van der Waals surface area contributed by atoms with Gasteiger partial charge < -0.3 is 14.6 Å². The van der Waals surface area contributed by atoms with Crippen LogP contribution in [0, 0.1) is 29.0 Å². The molecule has 3 aromatic rings. The molecule has 0 saturated heterocycles. The molecule has 0 atom stereocenters. The van der Waals surface area contributed by atoms with Gasteiger partial charge in [-0.3, -0.25) is 9.59 Å². The molecule has 1 N–H and O–H groups in total. The Morgan fingerprint density at radius 1 is 1.03 bits per heavy atom. The van der Waals surface area contributed by atoms with E-state index < -0.39 is 11.5 Å². The van der Waals surface area contributed by atoms with Gasteiger partial charge in [0.25, 0.3) is 5.56 Å². The van der Waals surface area contributed by atoms with Crippen molar-refractivity contribution in [2.24, 2.45) is 23.2 Å². The van der Waals surface area contributed by atoms with Crippen molar-refractivity contribution < 1.29 is 18.7 Å². The molecule has 4 bridgehead atoms. The third kappa shape index (κ3) is 3.81. The number of pyridine rings is 1. The Labute approximate surface area is 208 Å². The van der Waals surface area contributed by atoms with Crippen LogP contribution in [0.2, 0.25) is 0 Å². The lowest BCUT2D eigenvalue weighted by Gasteiger charge is -2.55. The number of ether oxygens (including phenoxy) is 1.